The molecule has 16 heavy (non-hydrogen) atoms. The van der Waals surface area contributed by atoms with Crippen LogP contribution in [0.1, 0.15) is 26.7 Å². The fourth-order valence-corrected chi connectivity index (χ4v) is 3.95. The minimum Gasteiger partial charge on any atom is -0.273 e. The van der Waals surface area contributed by atoms with Crippen molar-refractivity contribution in [3.63, 3.8) is 0 Å². The lowest BCUT2D eigenvalue weighted by atomic mass is 9.87. The summed E-state index contributed by atoms with van der Waals surface area (Å²) in [6, 6.07) is 0. The zero-order chi connectivity index (χ0) is 12.2. The van der Waals surface area contributed by atoms with E-state index in [4.69, 9.17) is 0 Å². The Hall–Kier alpha value is -0.230. The van der Waals surface area contributed by atoms with E-state index in [2.05, 4.69) is 40.0 Å². The van der Waals surface area contributed by atoms with Gasteiger partial charge >= 0.3 is 5.69 Å². The maximum absolute atomic E-state index is 11.2. The fourth-order valence-electron chi connectivity index (χ4n) is 1.36. The third kappa shape index (κ3) is 2.91. The van der Waals surface area contributed by atoms with E-state index in [1.165, 1.54) is 0 Å². The lowest BCUT2D eigenvalue weighted by molar-refractivity contribution is 0.359. The molecular weight excluding hydrogens is 290 g/mol. The Bertz CT molecular complexity index is 375. The average molecular weight is 308 g/mol. The van der Waals surface area contributed by atoms with Gasteiger partial charge in [-0.3, -0.25) is 4.57 Å². The molecule has 1 rings (SSSR count). The van der Waals surface area contributed by atoms with E-state index in [9.17, 15) is 4.79 Å². The van der Waals surface area contributed by atoms with Gasteiger partial charge in [0.2, 0.25) is 0 Å². The normalized spacial score (nSPS) is 12.0. The van der Waals surface area contributed by atoms with Crippen LogP contribution in [0.2, 0.25) is 0 Å². The number of nitrogens with one attached hydrogen (secondary N) is 1. The third-order valence-corrected chi connectivity index (χ3v) is 5.70. The highest BCUT2D eigenvalue weighted by atomic mass is 79.9. The summed E-state index contributed by atoms with van der Waals surface area (Å²) in [5.41, 5.74) is 0.138. The van der Waals surface area contributed by atoms with Crippen molar-refractivity contribution in [1.82, 2.24) is 14.8 Å². The zero-order valence-electron chi connectivity index (χ0n) is 9.92. The molecule has 6 heteroatoms. The second kappa shape index (κ2) is 5.91. The molecule has 1 aromatic heterocycles. The number of halogens is 1. The van der Waals surface area contributed by atoms with Crippen LogP contribution in [0, 0.1) is 5.41 Å². The smallest absolute Gasteiger partial charge is 0.273 e. The first-order valence-corrected chi connectivity index (χ1v) is 7.49. The molecule has 0 aliphatic carbocycles. The molecule has 0 atom stereocenters. The molecule has 0 bridgehead atoms. The summed E-state index contributed by atoms with van der Waals surface area (Å²) < 4.78 is 1.55. The van der Waals surface area contributed by atoms with Crippen LogP contribution in [0.5, 0.6) is 0 Å². The van der Waals surface area contributed by atoms with Crippen molar-refractivity contribution < 1.29 is 0 Å². The predicted octanol–water partition coefficient (Wildman–Crippen LogP) is 2.40. The van der Waals surface area contributed by atoms with Gasteiger partial charge in [-0.2, -0.15) is 0 Å². The van der Waals surface area contributed by atoms with Crippen molar-refractivity contribution in [3.05, 3.63) is 10.5 Å². The molecule has 0 unspecified atom stereocenters. The molecule has 0 aliphatic heterocycles. The van der Waals surface area contributed by atoms with Crippen LogP contribution in [-0.4, -0.2) is 25.8 Å². The molecule has 0 spiro atoms. The Morgan fingerprint density at radius 3 is 2.50 bits per heavy atom. The summed E-state index contributed by atoms with van der Waals surface area (Å²) in [6.45, 7) is 4.41. The number of thioether (sulfide) groups is 1. The van der Waals surface area contributed by atoms with Gasteiger partial charge in [0.15, 0.2) is 5.16 Å². The van der Waals surface area contributed by atoms with Gasteiger partial charge in [-0.1, -0.05) is 41.5 Å². The van der Waals surface area contributed by atoms with E-state index in [-0.39, 0.29) is 5.69 Å². The number of hydrogen-bond acceptors (Lipinski definition) is 3. The lowest BCUT2D eigenvalue weighted by Gasteiger charge is -2.28. The molecule has 92 valence electrons. The molecule has 1 aromatic rings. The summed E-state index contributed by atoms with van der Waals surface area (Å²) >= 11 is 5.22. The summed E-state index contributed by atoms with van der Waals surface area (Å²) in [6.07, 6.45) is 2.25. The number of hydrogen-bond donors (Lipinski definition) is 1. The lowest BCUT2D eigenvalue weighted by Crippen LogP contribution is -2.24. The van der Waals surface area contributed by atoms with Crippen molar-refractivity contribution in [2.75, 3.05) is 11.1 Å². The first-order valence-electron chi connectivity index (χ1n) is 5.38. The van der Waals surface area contributed by atoms with Gasteiger partial charge < -0.3 is 0 Å². The molecule has 0 saturated carbocycles. The minimum atomic E-state index is -0.153. The van der Waals surface area contributed by atoms with Crippen LogP contribution in [0.25, 0.3) is 0 Å². The monoisotopic (exact) mass is 307 g/mol. The number of rotatable bonds is 6. The van der Waals surface area contributed by atoms with Crippen LogP contribution < -0.4 is 5.69 Å². The summed E-state index contributed by atoms with van der Waals surface area (Å²) in [4.78, 5) is 11.2. The molecule has 1 heterocycles. The number of H-pyrrole nitrogens is 1. The molecule has 0 aromatic carbocycles. The van der Waals surface area contributed by atoms with Crippen molar-refractivity contribution in [2.45, 2.75) is 31.8 Å². The Morgan fingerprint density at radius 1 is 1.50 bits per heavy atom. The zero-order valence-corrected chi connectivity index (χ0v) is 12.3. The second-order valence-electron chi connectivity index (χ2n) is 4.00. The highest BCUT2D eigenvalue weighted by Crippen LogP contribution is 2.34. The highest BCUT2D eigenvalue weighted by Gasteiger charge is 2.25. The van der Waals surface area contributed by atoms with Crippen LogP contribution >= 0.6 is 27.7 Å². The maximum atomic E-state index is 11.2. The summed E-state index contributed by atoms with van der Waals surface area (Å²) in [5.74, 6) is 0.976. The molecule has 0 amide bonds. The predicted molar refractivity (Wildman–Crippen MR) is 71.4 cm³/mol. The molecular formula is C10H18BrN3OS. The minimum absolute atomic E-state index is 0.153. The largest absolute Gasteiger partial charge is 0.343 e. The number of aromatic nitrogens is 3. The Balaban J connectivity index is 2.69. The summed E-state index contributed by atoms with van der Waals surface area (Å²) in [5, 5.41) is 8.19. The average Bonchev–Trinajstić information content (AvgIpc) is 2.63. The SMILES string of the molecule is CCC(CC)(CBr)CSc1n[nH]c(=O)n1C. The van der Waals surface area contributed by atoms with E-state index < -0.39 is 0 Å². The first-order chi connectivity index (χ1) is 7.58. The Kier molecular flexibility index (Phi) is 5.11. The van der Waals surface area contributed by atoms with E-state index in [0.29, 0.717) is 5.41 Å². The van der Waals surface area contributed by atoms with Crippen molar-refractivity contribution >= 4 is 27.7 Å². The topological polar surface area (TPSA) is 50.7 Å². The summed E-state index contributed by atoms with van der Waals surface area (Å²) in [7, 11) is 1.74. The Morgan fingerprint density at radius 2 is 2.12 bits per heavy atom. The Labute approximate surface area is 108 Å². The standard InChI is InChI=1S/C10H18BrN3OS/c1-4-10(5-2,6-11)7-16-9-13-12-8(15)14(9)3/h4-7H2,1-3H3,(H,12,15). The van der Waals surface area contributed by atoms with E-state index >= 15 is 0 Å². The van der Waals surface area contributed by atoms with Crippen LogP contribution in [0.4, 0.5) is 0 Å². The molecule has 0 saturated heterocycles. The number of aromatic amines is 1. The van der Waals surface area contributed by atoms with Crippen LogP contribution in [0.3, 0.4) is 0 Å². The van der Waals surface area contributed by atoms with Gasteiger partial charge in [0.25, 0.3) is 0 Å². The van der Waals surface area contributed by atoms with Crippen molar-refractivity contribution in [1.29, 1.82) is 0 Å². The molecule has 4 nitrogen and oxygen atoms in total. The highest BCUT2D eigenvalue weighted by molar-refractivity contribution is 9.09. The van der Waals surface area contributed by atoms with Gasteiger partial charge in [-0.25, -0.2) is 9.89 Å². The van der Waals surface area contributed by atoms with E-state index in [0.717, 1.165) is 29.1 Å². The van der Waals surface area contributed by atoms with Gasteiger partial charge in [-0.15, -0.1) is 5.10 Å². The van der Waals surface area contributed by atoms with Crippen molar-refractivity contribution in [2.24, 2.45) is 12.5 Å². The van der Waals surface area contributed by atoms with Gasteiger partial charge in [0, 0.05) is 18.1 Å². The molecule has 0 fully saturated rings. The fraction of sp³-hybridized carbons (Fsp3) is 0.800. The molecule has 1 N–H and O–H groups in total. The van der Waals surface area contributed by atoms with Crippen LogP contribution in [0.15, 0.2) is 9.95 Å². The first kappa shape index (κ1) is 13.8. The van der Waals surface area contributed by atoms with Crippen LogP contribution in [-0.2, 0) is 7.05 Å². The van der Waals surface area contributed by atoms with Gasteiger partial charge in [0.1, 0.15) is 0 Å². The van der Waals surface area contributed by atoms with E-state index in [1.54, 1.807) is 23.4 Å². The van der Waals surface area contributed by atoms with Gasteiger partial charge in [0.05, 0.1) is 0 Å². The van der Waals surface area contributed by atoms with E-state index in [1.807, 2.05) is 0 Å². The quantitative estimate of drug-likeness (QED) is 0.648. The second-order valence-corrected chi connectivity index (χ2v) is 5.50. The maximum Gasteiger partial charge on any atom is 0.343 e. The third-order valence-electron chi connectivity index (χ3n) is 3.13. The van der Waals surface area contributed by atoms with Crippen molar-refractivity contribution in [3.8, 4) is 0 Å². The van der Waals surface area contributed by atoms with Gasteiger partial charge in [-0.05, 0) is 18.3 Å². The molecule has 0 radical (unpaired) electrons. The number of nitrogens with zero attached hydrogens (tertiary/aromatic N) is 2. The number of alkyl halides is 1. The molecule has 0 aliphatic rings.